The molecule has 2 heterocycles. The molecule has 2 bridgehead atoms. The van der Waals surface area contributed by atoms with Gasteiger partial charge in [-0.3, -0.25) is 4.79 Å². The van der Waals surface area contributed by atoms with Gasteiger partial charge in [0.05, 0.1) is 30.0 Å². The van der Waals surface area contributed by atoms with Crippen molar-refractivity contribution in [2.45, 2.75) is 153 Å². The van der Waals surface area contributed by atoms with Gasteiger partial charge < -0.3 is 24.4 Å². The molecule has 1 aromatic rings. The molecular weight excluding hydrogens is 583 g/mol. The number of carbonyl (C=O) groups is 1. The molecule has 2 saturated heterocycles. The van der Waals surface area contributed by atoms with E-state index >= 15 is 0 Å². The average Bonchev–Trinajstić information content (AvgIpc) is 3.16. The maximum atomic E-state index is 12.8. The fraction of sp³-hybridized carbons (Fsp3) is 0.750. The van der Waals surface area contributed by atoms with Crippen molar-refractivity contribution in [3.8, 4) is 0 Å². The Bertz CT molecular complexity index is 1240. The number of nitrogens with two attached hydrogens (primary N) is 1. The van der Waals surface area contributed by atoms with Crippen molar-refractivity contribution >= 4 is 28.1 Å². The standard InChI is InChI=1S/C36H61NO5Si2/c1-31(2,3)43(9,10)40-24-34-19-20-35(42-34,25-41-44(11,12)32(4,5)6)23-36(39,22-34)27-13-14-28(30(37)38)29(21-27)26-15-17-33(7,8)18-16-26/h13-15,21,39H,16-20,22-25H2,1-12H3,(H2,37,38). The van der Waals surface area contributed by atoms with Crippen LogP contribution in [-0.4, -0.2) is 52.1 Å². The van der Waals surface area contributed by atoms with Crippen LogP contribution in [0.2, 0.25) is 36.3 Å². The van der Waals surface area contributed by atoms with Crippen LogP contribution in [0.1, 0.15) is 122 Å². The fourth-order valence-corrected chi connectivity index (χ4v) is 8.71. The lowest BCUT2D eigenvalue weighted by Gasteiger charge is -2.50. The Balaban J connectivity index is 1.75. The number of carbonyl (C=O) groups excluding carboxylic acids is 1. The molecule has 1 aliphatic carbocycles. The molecule has 2 aliphatic heterocycles. The molecule has 44 heavy (non-hydrogen) atoms. The summed E-state index contributed by atoms with van der Waals surface area (Å²) < 4.78 is 20.7. The molecule has 0 saturated carbocycles. The lowest BCUT2D eigenvalue weighted by molar-refractivity contribution is -0.228. The summed E-state index contributed by atoms with van der Waals surface area (Å²) >= 11 is 0. The summed E-state index contributed by atoms with van der Waals surface area (Å²) in [5.74, 6) is -0.435. The molecule has 0 radical (unpaired) electrons. The summed E-state index contributed by atoms with van der Waals surface area (Å²) in [6.45, 7) is 28.1. The Kier molecular flexibility index (Phi) is 9.25. The van der Waals surface area contributed by atoms with E-state index in [2.05, 4.69) is 87.7 Å². The van der Waals surface area contributed by atoms with Crippen LogP contribution in [0.15, 0.2) is 24.3 Å². The van der Waals surface area contributed by atoms with Gasteiger partial charge in [0.1, 0.15) is 0 Å². The molecule has 2 unspecified atom stereocenters. The van der Waals surface area contributed by atoms with Gasteiger partial charge in [-0.25, -0.2) is 0 Å². The van der Waals surface area contributed by atoms with Crippen molar-refractivity contribution in [3.05, 3.63) is 41.0 Å². The van der Waals surface area contributed by atoms with Gasteiger partial charge in [0, 0.05) is 18.4 Å². The van der Waals surface area contributed by atoms with Crippen LogP contribution in [0.4, 0.5) is 0 Å². The Morgan fingerprint density at radius 3 is 1.82 bits per heavy atom. The first-order chi connectivity index (χ1) is 19.8. The van der Waals surface area contributed by atoms with Crippen LogP contribution in [0, 0.1) is 5.41 Å². The topological polar surface area (TPSA) is 91.0 Å². The second-order valence-electron chi connectivity index (χ2n) is 18.2. The number of amides is 1. The highest BCUT2D eigenvalue weighted by Gasteiger charge is 2.61. The minimum Gasteiger partial charge on any atom is -0.414 e. The van der Waals surface area contributed by atoms with E-state index in [4.69, 9.17) is 19.3 Å². The minimum absolute atomic E-state index is 0.0670. The molecule has 6 nitrogen and oxygen atoms in total. The Morgan fingerprint density at radius 1 is 0.909 bits per heavy atom. The van der Waals surface area contributed by atoms with Crippen LogP contribution in [0.3, 0.4) is 0 Å². The SMILES string of the molecule is CC1(C)CC=C(c2cc(C3(O)CC4(CO[Si](C)(C)C(C)(C)C)CCC(CO[Si](C)(C)C(C)(C)C)(C3)O4)ccc2C(N)=O)CC1. The fourth-order valence-electron chi connectivity index (χ4n) is 6.60. The number of fused-ring (bicyclic) bond motifs is 2. The van der Waals surface area contributed by atoms with E-state index in [9.17, 15) is 9.90 Å². The highest BCUT2D eigenvalue weighted by atomic mass is 28.4. The second-order valence-corrected chi connectivity index (χ2v) is 27.8. The Hall–Kier alpha value is -1.30. The van der Waals surface area contributed by atoms with Gasteiger partial charge in [-0.05, 0) is 103 Å². The Morgan fingerprint density at radius 2 is 1.41 bits per heavy atom. The Labute approximate surface area is 269 Å². The third-order valence-corrected chi connectivity index (χ3v) is 20.8. The highest BCUT2D eigenvalue weighted by molar-refractivity contribution is 6.74. The number of ether oxygens (including phenoxy) is 1. The zero-order chi connectivity index (χ0) is 33.2. The van der Waals surface area contributed by atoms with E-state index < -0.39 is 39.3 Å². The van der Waals surface area contributed by atoms with E-state index in [1.807, 2.05) is 18.2 Å². The highest BCUT2D eigenvalue weighted by Crippen LogP contribution is 2.57. The summed E-state index contributed by atoms with van der Waals surface area (Å²) in [6, 6.07) is 5.77. The van der Waals surface area contributed by atoms with Crippen LogP contribution >= 0.6 is 0 Å². The number of allylic oxidation sites excluding steroid dienone is 2. The summed E-state index contributed by atoms with van der Waals surface area (Å²) in [5, 5.41) is 12.9. The van der Waals surface area contributed by atoms with E-state index in [1.165, 1.54) is 0 Å². The van der Waals surface area contributed by atoms with Crippen molar-refractivity contribution in [2.75, 3.05) is 13.2 Å². The lowest BCUT2D eigenvalue weighted by Crippen LogP contribution is -2.57. The van der Waals surface area contributed by atoms with Gasteiger partial charge in [0.2, 0.25) is 5.91 Å². The minimum atomic E-state index is -2.07. The number of benzene rings is 1. The maximum Gasteiger partial charge on any atom is 0.249 e. The summed E-state index contributed by atoms with van der Waals surface area (Å²) in [5.41, 5.74) is 7.07. The molecule has 8 heteroatoms. The predicted molar refractivity (Wildman–Crippen MR) is 186 cm³/mol. The third-order valence-electron chi connectivity index (χ3n) is 11.8. The molecular formula is C36H61NO5Si2. The van der Waals surface area contributed by atoms with E-state index in [1.54, 1.807) is 0 Å². The number of hydrogen-bond acceptors (Lipinski definition) is 5. The first-order valence-corrected chi connectivity index (χ1v) is 22.5. The third kappa shape index (κ3) is 7.15. The molecule has 4 rings (SSSR count). The molecule has 2 fully saturated rings. The molecule has 248 valence electrons. The van der Waals surface area contributed by atoms with Crippen LogP contribution in [-0.2, 0) is 19.2 Å². The van der Waals surface area contributed by atoms with Crippen molar-refractivity contribution in [1.82, 2.24) is 0 Å². The van der Waals surface area contributed by atoms with Gasteiger partial charge in [0.25, 0.3) is 0 Å². The van der Waals surface area contributed by atoms with E-state index in [-0.39, 0.29) is 15.5 Å². The molecule has 3 N–H and O–H groups in total. The zero-order valence-corrected chi connectivity index (χ0v) is 31.8. The van der Waals surface area contributed by atoms with Gasteiger partial charge in [-0.1, -0.05) is 67.5 Å². The number of hydrogen-bond donors (Lipinski definition) is 2. The molecule has 0 spiro atoms. The summed E-state index contributed by atoms with van der Waals surface area (Å²) in [7, 11) is -4.13. The first-order valence-electron chi connectivity index (χ1n) is 16.7. The van der Waals surface area contributed by atoms with Crippen LogP contribution in [0.5, 0.6) is 0 Å². The quantitative estimate of drug-likeness (QED) is 0.263. The van der Waals surface area contributed by atoms with Gasteiger partial charge >= 0.3 is 0 Å². The zero-order valence-electron chi connectivity index (χ0n) is 29.8. The molecule has 0 aromatic heterocycles. The predicted octanol–water partition coefficient (Wildman–Crippen LogP) is 8.69. The summed E-state index contributed by atoms with van der Waals surface area (Å²) in [6.07, 6.45) is 7.65. The molecule has 1 amide bonds. The average molecular weight is 644 g/mol. The van der Waals surface area contributed by atoms with Crippen molar-refractivity contribution in [2.24, 2.45) is 11.1 Å². The lowest BCUT2D eigenvalue weighted by atomic mass is 9.73. The maximum absolute atomic E-state index is 12.8. The largest absolute Gasteiger partial charge is 0.414 e. The van der Waals surface area contributed by atoms with Crippen LogP contribution < -0.4 is 5.73 Å². The van der Waals surface area contributed by atoms with Crippen molar-refractivity contribution in [1.29, 1.82) is 0 Å². The monoisotopic (exact) mass is 643 g/mol. The van der Waals surface area contributed by atoms with Gasteiger partial charge in [-0.2, -0.15) is 0 Å². The number of primary amides is 1. The van der Waals surface area contributed by atoms with Gasteiger partial charge in [-0.15, -0.1) is 0 Å². The molecule has 1 aromatic carbocycles. The van der Waals surface area contributed by atoms with Gasteiger partial charge in [0.15, 0.2) is 16.6 Å². The second kappa shape index (κ2) is 11.4. The number of aliphatic hydroxyl groups is 1. The van der Waals surface area contributed by atoms with Crippen molar-refractivity contribution < 1.29 is 23.5 Å². The first kappa shape index (κ1) is 35.6. The molecule has 2 atom stereocenters. The molecule has 3 aliphatic rings. The van der Waals surface area contributed by atoms with Crippen LogP contribution in [0.25, 0.3) is 5.57 Å². The van der Waals surface area contributed by atoms with Crippen molar-refractivity contribution in [3.63, 3.8) is 0 Å². The van der Waals surface area contributed by atoms with E-state index in [0.29, 0.717) is 31.6 Å². The summed E-state index contributed by atoms with van der Waals surface area (Å²) in [4.78, 5) is 12.6. The van der Waals surface area contributed by atoms with E-state index in [0.717, 1.165) is 48.8 Å². The normalized spacial score (nSPS) is 29.4. The smallest absolute Gasteiger partial charge is 0.249 e. The number of rotatable bonds is 9.